The summed E-state index contributed by atoms with van der Waals surface area (Å²) in [7, 11) is 0. The number of benzene rings is 1. The lowest BCUT2D eigenvalue weighted by molar-refractivity contribution is 0.124. The number of nitrogens with zero attached hydrogens (tertiary/aromatic N) is 2. The highest BCUT2D eigenvalue weighted by atomic mass is 16.3. The van der Waals surface area contributed by atoms with E-state index < -0.39 is 6.10 Å². The monoisotopic (exact) mass is 230 g/mol. The van der Waals surface area contributed by atoms with Gasteiger partial charge in [0, 0.05) is 13.1 Å². The van der Waals surface area contributed by atoms with Gasteiger partial charge in [-0.25, -0.2) is 0 Å². The number of hydrogen-bond acceptors (Lipinski definition) is 3. The molecule has 1 heterocycles. The maximum absolute atomic E-state index is 10.1. The van der Waals surface area contributed by atoms with Crippen LogP contribution in [-0.4, -0.2) is 29.6 Å². The van der Waals surface area contributed by atoms with E-state index in [-0.39, 0.29) is 0 Å². The van der Waals surface area contributed by atoms with Crippen molar-refractivity contribution in [3.8, 4) is 6.07 Å². The molecule has 0 aromatic heterocycles. The predicted octanol–water partition coefficient (Wildman–Crippen LogP) is 1.93. The van der Waals surface area contributed by atoms with E-state index >= 15 is 0 Å². The molecule has 90 valence electrons. The highest BCUT2D eigenvalue weighted by molar-refractivity contribution is 5.33. The Balaban J connectivity index is 1.99. The van der Waals surface area contributed by atoms with Crippen molar-refractivity contribution in [2.24, 2.45) is 5.92 Å². The van der Waals surface area contributed by atoms with Crippen LogP contribution in [0, 0.1) is 17.2 Å². The molecule has 1 fully saturated rings. The molecule has 2 unspecified atom stereocenters. The van der Waals surface area contributed by atoms with Crippen LogP contribution in [0.5, 0.6) is 0 Å². The van der Waals surface area contributed by atoms with E-state index in [1.54, 1.807) is 12.1 Å². The molecule has 1 N–H and O–H groups in total. The summed E-state index contributed by atoms with van der Waals surface area (Å²) in [6, 6.07) is 9.33. The Hall–Kier alpha value is -1.37. The van der Waals surface area contributed by atoms with Crippen LogP contribution >= 0.6 is 0 Å². The number of likely N-dealkylation sites (tertiary alicyclic amines) is 1. The standard InChI is InChI=1S/C14H18N2O/c1-11-5-6-16(9-11)10-14(17)13-4-2-3-12(7-13)8-15/h2-4,7,11,14,17H,5-6,9-10H2,1H3. The fourth-order valence-electron chi connectivity index (χ4n) is 2.36. The molecule has 0 bridgehead atoms. The highest BCUT2D eigenvalue weighted by Gasteiger charge is 2.21. The maximum atomic E-state index is 10.1. The smallest absolute Gasteiger partial charge is 0.0991 e. The molecule has 0 saturated carbocycles. The first-order chi connectivity index (χ1) is 8.19. The van der Waals surface area contributed by atoms with Crippen molar-refractivity contribution < 1.29 is 5.11 Å². The lowest BCUT2D eigenvalue weighted by Crippen LogP contribution is -2.26. The summed E-state index contributed by atoms with van der Waals surface area (Å²) < 4.78 is 0. The summed E-state index contributed by atoms with van der Waals surface area (Å²) in [6.07, 6.45) is 0.721. The molecule has 1 aromatic rings. The second-order valence-electron chi connectivity index (χ2n) is 4.91. The third kappa shape index (κ3) is 3.06. The Morgan fingerprint density at radius 3 is 3.06 bits per heavy atom. The van der Waals surface area contributed by atoms with Crippen LogP contribution < -0.4 is 0 Å². The van der Waals surface area contributed by atoms with E-state index in [2.05, 4.69) is 17.9 Å². The molecular formula is C14H18N2O. The molecule has 3 nitrogen and oxygen atoms in total. The molecule has 0 spiro atoms. The summed E-state index contributed by atoms with van der Waals surface area (Å²) >= 11 is 0. The molecule has 1 aliphatic heterocycles. The van der Waals surface area contributed by atoms with E-state index in [9.17, 15) is 5.11 Å². The van der Waals surface area contributed by atoms with E-state index in [1.807, 2.05) is 12.1 Å². The molecule has 1 aliphatic rings. The fraction of sp³-hybridized carbons (Fsp3) is 0.500. The average Bonchev–Trinajstić information content (AvgIpc) is 2.75. The van der Waals surface area contributed by atoms with Gasteiger partial charge in [-0.15, -0.1) is 0 Å². The molecular weight excluding hydrogens is 212 g/mol. The van der Waals surface area contributed by atoms with Gasteiger partial charge in [0.25, 0.3) is 0 Å². The topological polar surface area (TPSA) is 47.3 Å². The van der Waals surface area contributed by atoms with Crippen LogP contribution in [0.1, 0.15) is 30.6 Å². The normalized spacial score (nSPS) is 22.3. The zero-order valence-corrected chi connectivity index (χ0v) is 10.1. The summed E-state index contributed by atoms with van der Waals surface area (Å²) in [6.45, 7) is 5.03. The van der Waals surface area contributed by atoms with Gasteiger partial charge in [0.15, 0.2) is 0 Å². The van der Waals surface area contributed by atoms with Crippen LogP contribution in [0.4, 0.5) is 0 Å². The lowest BCUT2D eigenvalue weighted by Gasteiger charge is -2.20. The molecule has 0 aliphatic carbocycles. The zero-order valence-electron chi connectivity index (χ0n) is 10.1. The van der Waals surface area contributed by atoms with Crippen molar-refractivity contribution in [2.45, 2.75) is 19.4 Å². The van der Waals surface area contributed by atoms with Crippen molar-refractivity contribution in [3.05, 3.63) is 35.4 Å². The SMILES string of the molecule is CC1CCN(CC(O)c2cccc(C#N)c2)C1. The van der Waals surface area contributed by atoms with Gasteiger partial charge in [0.1, 0.15) is 0 Å². The number of aliphatic hydroxyl groups excluding tert-OH is 1. The van der Waals surface area contributed by atoms with Gasteiger partial charge in [0.2, 0.25) is 0 Å². The number of hydrogen-bond donors (Lipinski definition) is 1. The Bertz CT molecular complexity index is 424. The van der Waals surface area contributed by atoms with E-state index in [1.165, 1.54) is 6.42 Å². The van der Waals surface area contributed by atoms with E-state index in [0.29, 0.717) is 12.1 Å². The van der Waals surface area contributed by atoms with Gasteiger partial charge < -0.3 is 10.0 Å². The molecule has 0 amide bonds. The number of β-amino-alcohol motifs (C(OH)–C–C–N with tert-alkyl or cyclic N) is 1. The molecule has 1 aromatic carbocycles. The van der Waals surface area contributed by atoms with Crippen LogP contribution in [-0.2, 0) is 0 Å². The van der Waals surface area contributed by atoms with Gasteiger partial charge >= 0.3 is 0 Å². The minimum Gasteiger partial charge on any atom is -0.387 e. The largest absolute Gasteiger partial charge is 0.387 e. The van der Waals surface area contributed by atoms with E-state index in [4.69, 9.17) is 5.26 Å². The second kappa shape index (κ2) is 5.31. The summed E-state index contributed by atoms with van der Waals surface area (Å²) in [4.78, 5) is 2.29. The first kappa shape index (κ1) is 12.1. The zero-order chi connectivity index (χ0) is 12.3. The second-order valence-corrected chi connectivity index (χ2v) is 4.91. The molecule has 0 radical (unpaired) electrons. The third-order valence-electron chi connectivity index (χ3n) is 3.34. The minimum absolute atomic E-state index is 0.492. The molecule has 17 heavy (non-hydrogen) atoms. The molecule has 1 saturated heterocycles. The molecule has 2 atom stereocenters. The fourth-order valence-corrected chi connectivity index (χ4v) is 2.36. The van der Waals surface area contributed by atoms with Crippen molar-refractivity contribution in [1.82, 2.24) is 4.90 Å². The Morgan fingerprint density at radius 1 is 1.59 bits per heavy atom. The maximum Gasteiger partial charge on any atom is 0.0991 e. The third-order valence-corrected chi connectivity index (χ3v) is 3.34. The first-order valence-electron chi connectivity index (χ1n) is 6.09. The van der Waals surface area contributed by atoms with Gasteiger partial charge in [-0.3, -0.25) is 0 Å². The quantitative estimate of drug-likeness (QED) is 0.863. The average molecular weight is 230 g/mol. The van der Waals surface area contributed by atoms with Crippen LogP contribution in [0.25, 0.3) is 0 Å². The predicted molar refractivity (Wildman–Crippen MR) is 66.3 cm³/mol. The first-order valence-corrected chi connectivity index (χ1v) is 6.09. The van der Waals surface area contributed by atoms with Crippen molar-refractivity contribution in [2.75, 3.05) is 19.6 Å². The van der Waals surface area contributed by atoms with Gasteiger partial charge in [-0.1, -0.05) is 19.1 Å². The molecule has 2 rings (SSSR count). The number of nitriles is 1. The summed E-state index contributed by atoms with van der Waals surface area (Å²) in [5.74, 6) is 0.729. The summed E-state index contributed by atoms with van der Waals surface area (Å²) in [5.41, 5.74) is 1.44. The number of aliphatic hydroxyl groups is 1. The van der Waals surface area contributed by atoms with Crippen molar-refractivity contribution in [3.63, 3.8) is 0 Å². The summed E-state index contributed by atoms with van der Waals surface area (Å²) in [5, 5.41) is 19.0. The van der Waals surface area contributed by atoms with Gasteiger partial charge in [0.05, 0.1) is 17.7 Å². The van der Waals surface area contributed by atoms with Gasteiger partial charge in [-0.2, -0.15) is 5.26 Å². The molecule has 3 heteroatoms. The van der Waals surface area contributed by atoms with Crippen molar-refractivity contribution >= 4 is 0 Å². The van der Waals surface area contributed by atoms with Crippen LogP contribution in [0.3, 0.4) is 0 Å². The Labute approximate surface area is 102 Å². The Morgan fingerprint density at radius 2 is 2.41 bits per heavy atom. The lowest BCUT2D eigenvalue weighted by atomic mass is 10.1. The Kier molecular flexibility index (Phi) is 3.78. The van der Waals surface area contributed by atoms with Crippen LogP contribution in [0.2, 0.25) is 0 Å². The van der Waals surface area contributed by atoms with Gasteiger partial charge in [-0.05, 0) is 36.6 Å². The minimum atomic E-state index is -0.492. The van der Waals surface area contributed by atoms with E-state index in [0.717, 1.165) is 24.6 Å². The van der Waals surface area contributed by atoms with Crippen LogP contribution in [0.15, 0.2) is 24.3 Å². The van der Waals surface area contributed by atoms with Crippen molar-refractivity contribution in [1.29, 1.82) is 5.26 Å². The highest BCUT2D eigenvalue weighted by Crippen LogP contribution is 2.20. The number of rotatable bonds is 3.